The van der Waals surface area contributed by atoms with Crippen LogP contribution in [0.3, 0.4) is 0 Å². The Morgan fingerprint density at radius 2 is 2.18 bits per heavy atom. The first-order valence-corrected chi connectivity index (χ1v) is 4.06. The maximum Gasteiger partial charge on any atom is 0.154 e. The molecule has 11 heavy (non-hydrogen) atoms. The zero-order valence-corrected chi connectivity index (χ0v) is 7.89. The molecule has 0 saturated carbocycles. The van der Waals surface area contributed by atoms with Crippen molar-refractivity contribution in [1.82, 2.24) is 0 Å². The molecule has 0 aromatic heterocycles. The summed E-state index contributed by atoms with van der Waals surface area (Å²) in [5.74, 6) is -0.0373. The van der Waals surface area contributed by atoms with E-state index in [9.17, 15) is 4.79 Å². The molecule has 4 heteroatoms. The SMILES string of the molecule is O=Cc1c(O)ccc(S)c1Br. The quantitative estimate of drug-likeness (QED) is 0.576. The van der Waals surface area contributed by atoms with E-state index in [0.717, 1.165) is 0 Å². The van der Waals surface area contributed by atoms with Crippen LogP contribution in [0.25, 0.3) is 0 Å². The summed E-state index contributed by atoms with van der Waals surface area (Å²) in [5, 5.41) is 9.12. The van der Waals surface area contributed by atoms with Crippen LogP contribution in [-0.2, 0) is 0 Å². The number of benzene rings is 1. The highest BCUT2D eigenvalue weighted by atomic mass is 79.9. The van der Waals surface area contributed by atoms with Crippen LogP contribution in [0.15, 0.2) is 21.5 Å². The van der Waals surface area contributed by atoms with Crippen LogP contribution in [-0.4, -0.2) is 11.4 Å². The zero-order chi connectivity index (χ0) is 8.43. The molecule has 2 nitrogen and oxygen atoms in total. The van der Waals surface area contributed by atoms with Crippen LogP contribution in [0.4, 0.5) is 0 Å². The molecule has 0 saturated heterocycles. The van der Waals surface area contributed by atoms with Gasteiger partial charge in [0.05, 0.1) is 5.56 Å². The molecule has 0 spiro atoms. The minimum Gasteiger partial charge on any atom is -0.507 e. The summed E-state index contributed by atoms with van der Waals surface area (Å²) >= 11 is 7.18. The van der Waals surface area contributed by atoms with Gasteiger partial charge in [-0.05, 0) is 28.1 Å². The fraction of sp³-hybridized carbons (Fsp3) is 0. The van der Waals surface area contributed by atoms with E-state index in [0.29, 0.717) is 15.7 Å². The number of aldehydes is 1. The number of thiol groups is 1. The largest absolute Gasteiger partial charge is 0.507 e. The van der Waals surface area contributed by atoms with Crippen molar-refractivity contribution in [3.05, 3.63) is 22.2 Å². The van der Waals surface area contributed by atoms with E-state index in [1.165, 1.54) is 6.07 Å². The number of hydrogen-bond acceptors (Lipinski definition) is 3. The second-order valence-corrected chi connectivity index (χ2v) is 3.22. The Morgan fingerprint density at radius 1 is 1.55 bits per heavy atom. The molecule has 1 rings (SSSR count). The first kappa shape index (κ1) is 8.62. The van der Waals surface area contributed by atoms with Gasteiger partial charge in [-0.1, -0.05) is 0 Å². The number of rotatable bonds is 1. The van der Waals surface area contributed by atoms with Gasteiger partial charge in [-0.2, -0.15) is 0 Å². The average Bonchev–Trinajstić information content (AvgIpc) is 1.99. The van der Waals surface area contributed by atoms with E-state index in [-0.39, 0.29) is 11.3 Å². The fourth-order valence-corrected chi connectivity index (χ4v) is 1.31. The molecule has 0 fully saturated rings. The first-order chi connectivity index (χ1) is 5.16. The second kappa shape index (κ2) is 3.28. The van der Waals surface area contributed by atoms with E-state index < -0.39 is 0 Å². The number of phenols is 1. The molecule has 0 unspecified atom stereocenters. The first-order valence-electron chi connectivity index (χ1n) is 2.82. The minimum absolute atomic E-state index is 0.0373. The van der Waals surface area contributed by atoms with Gasteiger partial charge in [-0.25, -0.2) is 0 Å². The number of carbonyl (C=O) groups is 1. The van der Waals surface area contributed by atoms with E-state index in [4.69, 9.17) is 5.11 Å². The number of halogens is 1. The van der Waals surface area contributed by atoms with Crippen molar-refractivity contribution in [2.75, 3.05) is 0 Å². The molecule has 58 valence electrons. The van der Waals surface area contributed by atoms with Gasteiger partial charge in [0.25, 0.3) is 0 Å². The molecule has 0 amide bonds. The predicted octanol–water partition coefficient (Wildman–Crippen LogP) is 2.26. The number of aromatic hydroxyl groups is 1. The zero-order valence-electron chi connectivity index (χ0n) is 5.41. The summed E-state index contributed by atoms with van der Waals surface area (Å²) in [6.07, 6.45) is 0.582. The van der Waals surface area contributed by atoms with Crippen molar-refractivity contribution in [2.45, 2.75) is 4.90 Å². The molecule has 0 bridgehead atoms. The highest BCUT2D eigenvalue weighted by Gasteiger charge is 2.06. The van der Waals surface area contributed by atoms with E-state index in [1.807, 2.05) is 0 Å². The third-order valence-corrected chi connectivity index (χ3v) is 2.79. The molecule has 0 heterocycles. The molecule has 0 radical (unpaired) electrons. The third kappa shape index (κ3) is 1.57. The lowest BCUT2D eigenvalue weighted by Crippen LogP contribution is -1.84. The number of hydrogen-bond donors (Lipinski definition) is 2. The number of carbonyl (C=O) groups excluding carboxylic acids is 1. The van der Waals surface area contributed by atoms with Crippen LogP contribution in [0.5, 0.6) is 5.75 Å². The molecule has 0 aliphatic rings. The highest BCUT2D eigenvalue weighted by Crippen LogP contribution is 2.29. The van der Waals surface area contributed by atoms with Crippen LogP contribution in [0.1, 0.15) is 10.4 Å². The lowest BCUT2D eigenvalue weighted by molar-refractivity contribution is 0.112. The van der Waals surface area contributed by atoms with Crippen LogP contribution >= 0.6 is 28.6 Å². The van der Waals surface area contributed by atoms with Crippen molar-refractivity contribution in [3.63, 3.8) is 0 Å². The van der Waals surface area contributed by atoms with Crippen LogP contribution in [0.2, 0.25) is 0 Å². The van der Waals surface area contributed by atoms with Crippen molar-refractivity contribution in [2.24, 2.45) is 0 Å². The maximum atomic E-state index is 10.4. The lowest BCUT2D eigenvalue weighted by atomic mass is 10.2. The summed E-state index contributed by atoms with van der Waals surface area (Å²) < 4.78 is 0.524. The second-order valence-electron chi connectivity index (χ2n) is 1.95. The van der Waals surface area contributed by atoms with Gasteiger partial charge in [0, 0.05) is 9.37 Å². The summed E-state index contributed by atoms with van der Waals surface area (Å²) in [6.45, 7) is 0. The smallest absolute Gasteiger partial charge is 0.154 e. The summed E-state index contributed by atoms with van der Waals surface area (Å²) in [4.78, 5) is 11.0. The number of phenolic OH excluding ortho intramolecular Hbond substituents is 1. The van der Waals surface area contributed by atoms with Gasteiger partial charge in [0.15, 0.2) is 6.29 Å². The Morgan fingerprint density at radius 3 is 2.64 bits per heavy atom. The van der Waals surface area contributed by atoms with Gasteiger partial charge in [-0.15, -0.1) is 12.6 Å². The fourth-order valence-electron chi connectivity index (χ4n) is 0.683. The maximum absolute atomic E-state index is 10.4. The Balaban J connectivity index is 3.40. The van der Waals surface area contributed by atoms with Crippen molar-refractivity contribution in [1.29, 1.82) is 0 Å². The monoisotopic (exact) mass is 232 g/mol. The Bertz CT molecular complexity index is 299. The average molecular weight is 233 g/mol. The van der Waals surface area contributed by atoms with Crippen molar-refractivity contribution >= 4 is 34.8 Å². The lowest BCUT2D eigenvalue weighted by Gasteiger charge is -2.01. The molecule has 1 aromatic carbocycles. The van der Waals surface area contributed by atoms with Crippen LogP contribution < -0.4 is 0 Å². The highest BCUT2D eigenvalue weighted by molar-refractivity contribution is 9.10. The predicted molar refractivity (Wildman–Crippen MR) is 48.4 cm³/mol. The Labute approximate surface area is 77.8 Å². The Kier molecular flexibility index (Phi) is 2.57. The summed E-state index contributed by atoms with van der Waals surface area (Å²) in [7, 11) is 0. The molecular formula is C7H5BrO2S. The van der Waals surface area contributed by atoms with Gasteiger partial charge in [0.2, 0.25) is 0 Å². The van der Waals surface area contributed by atoms with E-state index >= 15 is 0 Å². The normalized spacial score (nSPS) is 9.64. The topological polar surface area (TPSA) is 37.3 Å². The third-order valence-electron chi connectivity index (χ3n) is 1.25. The molecule has 1 N–H and O–H groups in total. The van der Waals surface area contributed by atoms with Crippen LogP contribution in [0, 0.1) is 0 Å². The van der Waals surface area contributed by atoms with Gasteiger partial charge < -0.3 is 5.11 Å². The molecule has 1 aromatic rings. The molecule has 0 atom stereocenters. The van der Waals surface area contributed by atoms with Gasteiger partial charge in [-0.3, -0.25) is 4.79 Å². The molecule has 0 aliphatic heterocycles. The summed E-state index contributed by atoms with van der Waals surface area (Å²) in [6, 6.07) is 3.03. The Hall–Kier alpha value is -0.480. The van der Waals surface area contributed by atoms with E-state index in [2.05, 4.69) is 28.6 Å². The van der Waals surface area contributed by atoms with Crippen molar-refractivity contribution in [3.8, 4) is 5.75 Å². The minimum atomic E-state index is -0.0373. The summed E-state index contributed by atoms with van der Waals surface area (Å²) in [5.41, 5.74) is 0.234. The molecular weight excluding hydrogens is 228 g/mol. The standard InChI is InChI=1S/C7H5BrO2S/c8-7-4(3-9)5(10)1-2-6(7)11/h1-3,10-11H. The van der Waals surface area contributed by atoms with E-state index in [1.54, 1.807) is 6.07 Å². The molecule has 0 aliphatic carbocycles. The van der Waals surface area contributed by atoms with Gasteiger partial charge in [0.1, 0.15) is 5.75 Å². The van der Waals surface area contributed by atoms with Crippen molar-refractivity contribution < 1.29 is 9.90 Å². The van der Waals surface area contributed by atoms with Gasteiger partial charge >= 0.3 is 0 Å².